The summed E-state index contributed by atoms with van der Waals surface area (Å²) in [5.41, 5.74) is 4.04. The van der Waals surface area contributed by atoms with Crippen molar-refractivity contribution in [3.63, 3.8) is 0 Å². The molecule has 3 heteroatoms. The highest BCUT2D eigenvalue weighted by molar-refractivity contribution is 6.34. The number of hydrogen-bond donors (Lipinski definition) is 1. The van der Waals surface area contributed by atoms with Crippen LogP contribution in [0.25, 0.3) is 0 Å². The van der Waals surface area contributed by atoms with Gasteiger partial charge in [-0.15, -0.1) is 0 Å². The SMILES string of the molecule is Clc1cc(Cl)cc(CNC2CCCc3ccccc32)c1. The Morgan fingerprint density at radius 2 is 1.80 bits per heavy atom. The van der Waals surface area contributed by atoms with Gasteiger partial charge in [-0.1, -0.05) is 47.5 Å². The van der Waals surface area contributed by atoms with Crippen LogP contribution in [0.1, 0.15) is 35.6 Å². The zero-order chi connectivity index (χ0) is 13.9. The Morgan fingerprint density at radius 3 is 2.60 bits per heavy atom. The van der Waals surface area contributed by atoms with Crippen molar-refractivity contribution in [1.82, 2.24) is 5.32 Å². The van der Waals surface area contributed by atoms with Crippen LogP contribution in [0.2, 0.25) is 10.0 Å². The third-order valence-corrected chi connectivity index (χ3v) is 4.28. The van der Waals surface area contributed by atoms with E-state index in [0.717, 1.165) is 12.1 Å². The molecule has 1 aliphatic carbocycles. The third-order valence-electron chi connectivity index (χ3n) is 3.84. The molecule has 1 N–H and O–H groups in total. The van der Waals surface area contributed by atoms with E-state index in [1.807, 2.05) is 12.1 Å². The Labute approximate surface area is 129 Å². The second-order valence-corrected chi connectivity index (χ2v) is 6.18. The molecule has 0 aromatic heterocycles. The van der Waals surface area contributed by atoms with Crippen molar-refractivity contribution in [2.24, 2.45) is 0 Å². The predicted octanol–water partition coefficient (Wildman–Crippen LogP) is 5.16. The number of benzene rings is 2. The van der Waals surface area contributed by atoms with Gasteiger partial charge in [-0.3, -0.25) is 0 Å². The zero-order valence-corrected chi connectivity index (χ0v) is 12.7. The number of aryl methyl sites for hydroxylation is 1. The summed E-state index contributed by atoms with van der Waals surface area (Å²) >= 11 is 12.1. The molecular weight excluding hydrogens is 289 g/mol. The molecule has 0 spiro atoms. The minimum Gasteiger partial charge on any atom is -0.306 e. The monoisotopic (exact) mass is 305 g/mol. The van der Waals surface area contributed by atoms with E-state index in [1.54, 1.807) is 6.07 Å². The molecule has 2 aromatic rings. The van der Waals surface area contributed by atoms with Crippen molar-refractivity contribution >= 4 is 23.2 Å². The van der Waals surface area contributed by atoms with Crippen LogP contribution < -0.4 is 5.32 Å². The largest absolute Gasteiger partial charge is 0.306 e. The topological polar surface area (TPSA) is 12.0 Å². The van der Waals surface area contributed by atoms with Crippen LogP contribution in [0.15, 0.2) is 42.5 Å². The first-order valence-electron chi connectivity index (χ1n) is 6.98. The summed E-state index contributed by atoms with van der Waals surface area (Å²) in [5.74, 6) is 0. The van der Waals surface area contributed by atoms with E-state index in [-0.39, 0.29) is 0 Å². The normalized spacial score (nSPS) is 17.8. The lowest BCUT2D eigenvalue weighted by molar-refractivity contribution is 0.459. The van der Waals surface area contributed by atoms with E-state index in [9.17, 15) is 0 Å². The van der Waals surface area contributed by atoms with Gasteiger partial charge >= 0.3 is 0 Å². The average molecular weight is 306 g/mol. The minimum absolute atomic E-state index is 0.428. The molecule has 0 saturated heterocycles. The maximum Gasteiger partial charge on any atom is 0.0424 e. The van der Waals surface area contributed by atoms with Crippen molar-refractivity contribution in [2.45, 2.75) is 31.8 Å². The second-order valence-electron chi connectivity index (χ2n) is 5.30. The van der Waals surface area contributed by atoms with Crippen molar-refractivity contribution in [2.75, 3.05) is 0 Å². The lowest BCUT2D eigenvalue weighted by atomic mass is 9.87. The molecule has 0 amide bonds. The summed E-state index contributed by atoms with van der Waals surface area (Å²) in [7, 11) is 0. The third kappa shape index (κ3) is 3.17. The smallest absolute Gasteiger partial charge is 0.0424 e. The Morgan fingerprint density at radius 1 is 1.05 bits per heavy atom. The maximum absolute atomic E-state index is 6.04. The van der Waals surface area contributed by atoms with Gasteiger partial charge in [0.05, 0.1) is 0 Å². The molecule has 1 atom stereocenters. The Bertz CT molecular complexity index is 589. The van der Waals surface area contributed by atoms with Crippen LogP contribution in [0.4, 0.5) is 0 Å². The second kappa shape index (κ2) is 6.17. The maximum atomic E-state index is 6.04. The lowest BCUT2D eigenvalue weighted by Gasteiger charge is -2.26. The van der Waals surface area contributed by atoms with E-state index in [4.69, 9.17) is 23.2 Å². The standard InChI is InChI=1S/C17H17Cl2N/c18-14-8-12(9-15(19)10-14)11-20-17-7-3-5-13-4-1-2-6-16(13)17/h1-2,4,6,8-10,17,20H,3,5,7,11H2. The van der Waals surface area contributed by atoms with E-state index in [2.05, 4.69) is 29.6 Å². The molecule has 104 valence electrons. The first-order valence-corrected chi connectivity index (χ1v) is 7.74. The molecule has 0 bridgehead atoms. The molecule has 0 saturated carbocycles. The van der Waals surface area contributed by atoms with Crippen LogP contribution in [0, 0.1) is 0 Å². The fourth-order valence-corrected chi connectivity index (χ4v) is 3.49. The number of hydrogen-bond acceptors (Lipinski definition) is 1. The highest BCUT2D eigenvalue weighted by Crippen LogP contribution is 2.30. The van der Waals surface area contributed by atoms with Gasteiger partial charge in [-0.25, -0.2) is 0 Å². The van der Waals surface area contributed by atoms with Gasteiger partial charge in [0.2, 0.25) is 0 Å². The van der Waals surface area contributed by atoms with Crippen LogP contribution >= 0.6 is 23.2 Å². The van der Waals surface area contributed by atoms with Gasteiger partial charge in [0.1, 0.15) is 0 Å². The van der Waals surface area contributed by atoms with Crippen molar-refractivity contribution < 1.29 is 0 Å². The Kier molecular flexibility index (Phi) is 4.30. The fraction of sp³-hybridized carbons (Fsp3) is 0.294. The number of fused-ring (bicyclic) bond motifs is 1. The molecule has 0 fully saturated rings. The highest BCUT2D eigenvalue weighted by atomic mass is 35.5. The molecular formula is C17H17Cl2N. The molecule has 1 unspecified atom stereocenters. The van der Waals surface area contributed by atoms with Gasteiger partial charge < -0.3 is 5.32 Å². The number of rotatable bonds is 3. The first kappa shape index (κ1) is 13.9. The highest BCUT2D eigenvalue weighted by Gasteiger charge is 2.18. The average Bonchev–Trinajstić information content (AvgIpc) is 2.44. The van der Waals surface area contributed by atoms with Crippen LogP contribution in [0.5, 0.6) is 0 Å². The quantitative estimate of drug-likeness (QED) is 0.826. The summed E-state index contributed by atoms with van der Waals surface area (Å²) in [6, 6.07) is 14.8. The molecule has 0 radical (unpaired) electrons. The zero-order valence-electron chi connectivity index (χ0n) is 11.2. The lowest BCUT2D eigenvalue weighted by Crippen LogP contribution is -2.24. The molecule has 3 rings (SSSR count). The summed E-state index contributed by atoms with van der Waals surface area (Å²) in [4.78, 5) is 0. The van der Waals surface area contributed by atoms with E-state index >= 15 is 0 Å². The molecule has 20 heavy (non-hydrogen) atoms. The number of nitrogens with one attached hydrogen (secondary N) is 1. The van der Waals surface area contributed by atoms with Gasteiger partial charge in [0.25, 0.3) is 0 Å². The van der Waals surface area contributed by atoms with Crippen molar-refractivity contribution in [3.05, 3.63) is 69.2 Å². The summed E-state index contributed by atoms with van der Waals surface area (Å²) in [5, 5.41) is 5.02. The number of halogens is 2. The van der Waals surface area contributed by atoms with Crippen molar-refractivity contribution in [3.8, 4) is 0 Å². The van der Waals surface area contributed by atoms with Gasteiger partial charge in [0.15, 0.2) is 0 Å². The van der Waals surface area contributed by atoms with Gasteiger partial charge in [-0.2, -0.15) is 0 Å². The van der Waals surface area contributed by atoms with Crippen LogP contribution in [-0.2, 0) is 13.0 Å². The molecule has 1 aliphatic rings. The molecule has 1 nitrogen and oxygen atoms in total. The van der Waals surface area contributed by atoms with E-state index in [0.29, 0.717) is 16.1 Å². The molecule has 0 aliphatic heterocycles. The van der Waals surface area contributed by atoms with E-state index in [1.165, 1.54) is 30.4 Å². The molecule has 0 heterocycles. The fourth-order valence-electron chi connectivity index (χ4n) is 2.92. The van der Waals surface area contributed by atoms with Gasteiger partial charge in [0, 0.05) is 22.6 Å². The van der Waals surface area contributed by atoms with E-state index < -0.39 is 0 Å². The van der Waals surface area contributed by atoms with Crippen LogP contribution in [-0.4, -0.2) is 0 Å². The summed E-state index contributed by atoms with van der Waals surface area (Å²) in [6.45, 7) is 0.791. The Hall–Kier alpha value is -1.02. The first-order chi connectivity index (χ1) is 9.72. The summed E-state index contributed by atoms with van der Waals surface area (Å²) in [6.07, 6.45) is 3.62. The summed E-state index contributed by atoms with van der Waals surface area (Å²) < 4.78 is 0. The predicted molar refractivity (Wildman–Crippen MR) is 85.4 cm³/mol. The van der Waals surface area contributed by atoms with Crippen LogP contribution in [0.3, 0.4) is 0 Å². The molecule has 2 aromatic carbocycles. The minimum atomic E-state index is 0.428. The Balaban J connectivity index is 1.73. The van der Waals surface area contributed by atoms with Gasteiger partial charge in [-0.05, 0) is 54.2 Å². The van der Waals surface area contributed by atoms with Crippen molar-refractivity contribution in [1.29, 1.82) is 0 Å².